The Labute approximate surface area is 165 Å². The maximum absolute atomic E-state index is 13.0. The van der Waals surface area contributed by atoms with Gasteiger partial charge >= 0.3 is 0 Å². The first-order valence-electron chi connectivity index (χ1n) is 8.50. The third-order valence-electron chi connectivity index (χ3n) is 4.45. The molecule has 1 aliphatic rings. The molecule has 0 saturated heterocycles. The predicted molar refractivity (Wildman–Crippen MR) is 111 cm³/mol. The molecule has 2 heterocycles. The van der Waals surface area contributed by atoms with Crippen molar-refractivity contribution in [2.45, 2.75) is 6.92 Å². The van der Waals surface area contributed by atoms with E-state index in [1.165, 1.54) is 17.1 Å². The Morgan fingerprint density at radius 3 is 2.57 bits per heavy atom. The van der Waals surface area contributed by atoms with Gasteiger partial charge in [0.2, 0.25) is 5.78 Å². The number of amides is 1. The zero-order chi connectivity index (χ0) is 20.4. The fourth-order valence-electron chi connectivity index (χ4n) is 3.04. The Morgan fingerprint density at radius 1 is 1.18 bits per heavy atom. The molecule has 1 aliphatic heterocycles. The van der Waals surface area contributed by atoms with Gasteiger partial charge in [-0.3, -0.25) is 24.6 Å². The van der Waals surface area contributed by atoms with Gasteiger partial charge in [-0.05, 0) is 30.7 Å². The SMILES string of the molecule is C=C/C=C(/C=c1\c(=O)[nH][nH]\c1=C1/C(=O)c2ccccc2N(C)C1=O)C(\Cl)=C/C. The number of nitrogens with one attached hydrogen (secondary N) is 2. The fourth-order valence-corrected chi connectivity index (χ4v) is 3.15. The standard InChI is InChI=1S/C21H18ClN3O3/c1-4-8-12(15(22)5-2)11-14-18(23-24-20(14)27)17-19(26)13-9-6-7-10-16(13)25(3)21(17)28/h4-11,23H,1H2,2-3H3,(H,24,27)/b12-8-,14-11-,15-5+,18-17+. The number of Topliss-reactive ketones (excluding diaryl/α,β-unsaturated/α-hetero) is 1. The van der Waals surface area contributed by atoms with Crippen molar-refractivity contribution in [1.29, 1.82) is 0 Å². The Morgan fingerprint density at radius 2 is 1.89 bits per heavy atom. The molecule has 0 spiro atoms. The molecular weight excluding hydrogens is 378 g/mol. The zero-order valence-electron chi connectivity index (χ0n) is 15.4. The van der Waals surface area contributed by atoms with Crippen molar-refractivity contribution in [1.82, 2.24) is 10.2 Å². The van der Waals surface area contributed by atoms with Crippen LogP contribution in [0.2, 0.25) is 0 Å². The average molecular weight is 396 g/mol. The Kier molecular flexibility index (Phi) is 5.33. The molecule has 0 bridgehead atoms. The summed E-state index contributed by atoms with van der Waals surface area (Å²) in [6, 6.07) is 6.82. The normalized spacial score (nSPS) is 17.8. The number of ketones is 1. The van der Waals surface area contributed by atoms with Crippen LogP contribution in [0.4, 0.5) is 5.69 Å². The second-order valence-corrected chi connectivity index (χ2v) is 6.50. The van der Waals surface area contributed by atoms with E-state index < -0.39 is 17.2 Å². The van der Waals surface area contributed by atoms with Crippen molar-refractivity contribution in [2.75, 3.05) is 11.9 Å². The first kappa shape index (κ1) is 19.4. The number of para-hydroxylation sites is 1. The monoisotopic (exact) mass is 395 g/mol. The number of aromatic nitrogens is 2. The number of anilines is 1. The summed E-state index contributed by atoms with van der Waals surface area (Å²) in [6.45, 7) is 5.40. The van der Waals surface area contributed by atoms with Crippen LogP contribution in [0.1, 0.15) is 17.3 Å². The van der Waals surface area contributed by atoms with Crippen molar-refractivity contribution in [3.05, 3.63) is 86.2 Å². The molecule has 142 valence electrons. The summed E-state index contributed by atoms with van der Waals surface area (Å²) >= 11 is 6.21. The predicted octanol–water partition coefficient (Wildman–Crippen LogP) is 1.75. The minimum absolute atomic E-state index is 0.111. The van der Waals surface area contributed by atoms with Gasteiger partial charge in [0.15, 0.2) is 0 Å². The molecule has 3 rings (SSSR count). The van der Waals surface area contributed by atoms with Gasteiger partial charge in [-0.25, -0.2) is 0 Å². The van der Waals surface area contributed by atoms with Gasteiger partial charge in [0.25, 0.3) is 11.5 Å². The van der Waals surface area contributed by atoms with Crippen LogP contribution in [0.25, 0.3) is 11.6 Å². The third kappa shape index (κ3) is 3.18. The molecule has 2 aromatic rings. The number of H-pyrrole nitrogens is 2. The molecule has 6 nitrogen and oxygen atoms in total. The van der Waals surface area contributed by atoms with Crippen LogP contribution >= 0.6 is 11.6 Å². The number of fused-ring (bicyclic) bond motifs is 1. The van der Waals surface area contributed by atoms with E-state index in [0.717, 1.165) is 0 Å². The van der Waals surface area contributed by atoms with Gasteiger partial charge < -0.3 is 4.90 Å². The van der Waals surface area contributed by atoms with Crippen LogP contribution in [0.3, 0.4) is 0 Å². The van der Waals surface area contributed by atoms with E-state index in [1.54, 1.807) is 50.4 Å². The number of hydrogen-bond acceptors (Lipinski definition) is 3. The van der Waals surface area contributed by atoms with Crippen LogP contribution in [0.15, 0.2) is 64.5 Å². The summed E-state index contributed by atoms with van der Waals surface area (Å²) in [5.41, 5.74) is 0.853. The van der Waals surface area contributed by atoms with Crippen LogP contribution < -0.4 is 21.0 Å². The van der Waals surface area contributed by atoms with Crippen LogP contribution in [-0.4, -0.2) is 28.9 Å². The topological polar surface area (TPSA) is 86.0 Å². The van der Waals surface area contributed by atoms with Crippen molar-refractivity contribution in [3.8, 4) is 0 Å². The molecule has 0 radical (unpaired) electrons. The lowest BCUT2D eigenvalue weighted by Gasteiger charge is -2.25. The maximum Gasteiger partial charge on any atom is 0.271 e. The van der Waals surface area contributed by atoms with Crippen molar-refractivity contribution >= 4 is 40.6 Å². The summed E-state index contributed by atoms with van der Waals surface area (Å²) in [7, 11) is 1.58. The first-order chi connectivity index (χ1) is 13.4. The number of nitrogens with zero attached hydrogens (tertiary/aromatic N) is 1. The summed E-state index contributed by atoms with van der Waals surface area (Å²) in [4.78, 5) is 39.7. The fraction of sp³-hybridized carbons (Fsp3) is 0.0952. The summed E-state index contributed by atoms with van der Waals surface area (Å²) in [5, 5.41) is 5.78. The van der Waals surface area contributed by atoms with Crippen LogP contribution in [-0.2, 0) is 4.79 Å². The molecule has 0 saturated carbocycles. The summed E-state index contributed by atoms with van der Waals surface area (Å²) in [6.07, 6.45) is 6.35. The number of benzene rings is 1. The molecule has 1 aromatic carbocycles. The van der Waals surface area contributed by atoms with E-state index >= 15 is 0 Å². The highest BCUT2D eigenvalue weighted by Crippen LogP contribution is 2.28. The highest BCUT2D eigenvalue weighted by molar-refractivity contribution is 6.51. The second kappa shape index (κ2) is 7.70. The maximum atomic E-state index is 13.0. The molecule has 0 atom stereocenters. The van der Waals surface area contributed by atoms with E-state index in [1.807, 2.05) is 0 Å². The molecule has 2 N–H and O–H groups in total. The van der Waals surface area contributed by atoms with Crippen molar-refractivity contribution in [2.24, 2.45) is 0 Å². The van der Waals surface area contributed by atoms with Gasteiger partial charge in [0, 0.05) is 17.6 Å². The molecule has 1 aromatic heterocycles. The number of carbonyl (C=O) groups excluding carboxylic acids is 2. The van der Waals surface area contributed by atoms with Gasteiger partial charge in [0.05, 0.1) is 16.3 Å². The highest BCUT2D eigenvalue weighted by atomic mass is 35.5. The van der Waals surface area contributed by atoms with E-state index in [4.69, 9.17) is 11.6 Å². The quantitative estimate of drug-likeness (QED) is 0.776. The molecule has 1 amide bonds. The Hall–Kier alpha value is -3.38. The minimum Gasteiger partial charge on any atom is -0.310 e. The van der Waals surface area contributed by atoms with Crippen molar-refractivity contribution in [3.63, 3.8) is 0 Å². The number of carbonyl (C=O) groups is 2. The zero-order valence-corrected chi connectivity index (χ0v) is 16.1. The molecule has 7 heteroatoms. The largest absolute Gasteiger partial charge is 0.310 e. The Bertz CT molecular complexity index is 1230. The van der Waals surface area contributed by atoms with E-state index in [0.29, 0.717) is 21.9 Å². The Balaban J connectivity index is 2.39. The number of hydrogen-bond donors (Lipinski definition) is 2. The smallest absolute Gasteiger partial charge is 0.271 e. The van der Waals surface area contributed by atoms with E-state index in [2.05, 4.69) is 16.8 Å². The molecular formula is C21H18ClN3O3. The third-order valence-corrected chi connectivity index (χ3v) is 4.88. The molecule has 28 heavy (non-hydrogen) atoms. The summed E-state index contributed by atoms with van der Waals surface area (Å²) in [5.74, 6) is -0.949. The van der Waals surface area contributed by atoms with Gasteiger partial charge in [-0.2, -0.15) is 0 Å². The van der Waals surface area contributed by atoms with Crippen LogP contribution in [0, 0.1) is 0 Å². The van der Waals surface area contributed by atoms with Crippen LogP contribution in [0.5, 0.6) is 0 Å². The average Bonchev–Trinajstić information content (AvgIpc) is 3.05. The molecule has 0 fully saturated rings. The lowest BCUT2D eigenvalue weighted by molar-refractivity contribution is -0.113. The number of aromatic amines is 2. The summed E-state index contributed by atoms with van der Waals surface area (Å²) < 4.78 is 0. The molecule has 0 aliphatic carbocycles. The second-order valence-electron chi connectivity index (χ2n) is 6.09. The van der Waals surface area contributed by atoms with Gasteiger partial charge in [-0.15, -0.1) is 0 Å². The van der Waals surface area contributed by atoms with Gasteiger partial charge in [0.1, 0.15) is 5.57 Å². The molecule has 0 unspecified atom stereocenters. The van der Waals surface area contributed by atoms with E-state index in [9.17, 15) is 14.4 Å². The van der Waals surface area contributed by atoms with Crippen molar-refractivity contribution < 1.29 is 9.59 Å². The van der Waals surface area contributed by atoms with Gasteiger partial charge in [-0.1, -0.05) is 48.5 Å². The van der Waals surface area contributed by atoms with E-state index in [-0.39, 0.29) is 16.1 Å². The first-order valence-corrected chi connectivity index (χ1v) is 8.87. The lowest BCUT2D eigenvalue weighted by atomic mass is 9.95. The number of rotatable bonds is 3. The lowest BCUT2D eigenvalue weighted by Crippen LogP contribution is -2.44. The minimum atomic E-state index is -0.500. The number of allylic oxidation sites excluding steroid dienone is 5. The highest BCUT2D eigenvalue weighted by Gasteiger charge is 2.33. The number of halogens is 1.